The number of carbonyl (C=O) groups excluding carboxylic acids is 5. The van der Waals surface area contributed by atoms with Crippen LogP contribution in [-0.2, 0) is 47.7 Å². The number of tetrazole rings is 1. The normalized spacial score (nSPS) is 37.5. The van der Waals surface area contributed by atoms with Gasteiger partial charge in [0.15, 0.2) is 5.78 Å². The quantitative estimate of drug-likeness (QED) is 0.181. The maximum Gasteiger partial charge on any atom is 0.329 e. The molecule has 2 N–H and O–H groups in total. The van der Waals surface area contributed by atoms with Crippen LogP contribution in [0.4, 0.5) is 0 Å². The topological polar surface area (TPSA) is 219 Å². The van der Waals surface area contributed by atoms with E-state index in [0.717, 1.165) is 18.4 Å². The Morgan fingerprint density at radius 1 is 0.884 bits per heavy atom. The molecule has 17 nitrogen and oxygen atoms in total. The van der Waals surface area contributed by atoms with Gasteiger partial charge >= 0.3 is 5.97 Å². The van der Waals surface area contributed by atoms with E-state index in [1.807, 2.05) is 58.1 Å². The number of aliphatic hydroxyl groups excluding tert-OH is 1. The molecule has 1 amide bonds. The van der Waals surface area contributed by atoms with Gasteiger partial charge in [0.1, 0.15) is 36.5 Å². The summed E-state index contributed by atoms with van der Waals surface area (Å²) in [6.45, 7) is 12.8. The molecule has 69 heavy (non-hydrogen) atoms. The van der Waals surface area contributed by atoms with Gasteiger partial charge in [-0.2, -0.15) is 0 Å². The van der Waals surface area contributed by atoms with Gasteiger partial charge in [-0.15, -0.1) is 5.10 Å². The molecule has 1 aromatic heterocycles. The summed E-state index contributed by atoms with van der Waals surface area (Å²) < 4.78 is 31.6. The number of ketones is 3. The molecule has 2 bridgehead atoms. The third-order valence-corrected chi connectivity index (χ3v) is 15.2. The van der Waals surface area contributed by atoms with E-state index in [-0.39, 0.29) is 60.9 Å². The van der Waals surface area contributed by atoms with Crippen LogP contribution in [0.15, 0.2) is 53.9 Å². The molecule has 384 valence electrons. The Morgan fingerprint density at radius 3 is 2.32 bits per heavy atom. The minimum Gasteiger partial charge on any atom is -0.460 e. The fraction of sp³-hybridized carbons (Fsp3) is 0.731. The summed E-state index contributed by atoms with van der Waals surface area (Å²) in [5.74, 6) is -7.92. The first-order chi connectivity index (χ1) is 32.8. The van der Waals surface area contributed by atoms with Crippen LogP contribution in [0.25, 0.3) is 0 Å². The zero-order valence-corrected chi connectivity index (χ0v) is 42.5. The van der Waals surface area contributed by atoms with Crippen LogP contribution in [0, 0.1) is 35.5 Å². The Balaban J connectivity index is 1.46. The molecule has 12 unspecified atom stereocenters. The number of amides is 1. The second kappa shape index (κ2) is 25.7. The number of cyclic esters (lactones) is 1. The number of rotatable bonds is 7. The number of piperidine rings is 1. The molecule has 0 spiro atoms. The zero-order chi connectivity index (χ0) is 50.6. The molecule has 5 rings (SSSR count). The van der Waals surface area contributed by atoms with E-state index in [1.54, 1.807) is 52.1 Å². The highest BCUT2D eigenvalue weighted by Crippen LogP contribution is 2.39. The summed E-state index contributed by atoms with van der Waals surface area (Å²) in [6, 6.07) is -1.19. The lowest BCUT2D eigenvalue weighted by atomic mass is 9.77. The molecular weight excluding hydrogens is 887 g/mol. The Kier molecular flexibility index (Phi) is 20.8. The first-order valence-corrected chi connectivity index (χ1v) is 25.0. The summed E-state index contributed by atoms with van der Waals surface area (Å²) in [5.41, 5.74) is 1.27. The Morgan fingerprint density at radius 2 is 1.64 bits per heavy atom. The molecule has 4 heterocycles. The fourth-order valence-electron chi connectivity index (χ4n) is 10.7. The van der Waals surface area contributed by atoms with E-state index < -0.39 is 77.8 Å². The van der Waals surface area contributed by atoms with Crippen molar-refractivity contribution in [3.63, 3.8) is 0 Å². The highest BCUT2D eigenvalue weighted by atomic mass is 16.6. The first-order valence-electron chi connectivity index (χ1n) is 25.0. The Labute approximate surface area is 408 Å². The molecule has 17 heteroatoms. The van der Waals surface area contributed by atoms with Crippen molar-refractivity contribution in [1.82, 2.24) is 25.1 Å². The van der Waals surface area contributed by atoms with Crippen LogP contribution in [0.2, 0.25) is 0 Å². The predicted molar refractivity (Wildman–Crippen MR) is 256 cm³/mol. The number of methoxy groups -OCH3 is 3. The molecule has 0 radical (unpaired) electrons. The third-order valence-electron chi connectivity index (χ3n) is 15.2. The molecule has 15 atom stereocenters. The van der Waals surface area contributed by atoms with Crippen molar-refractivity contribution in [2.75, 3.05) is 27.9 Å². The summed E-state index contributed by atoms with van der Waals surface area (Å²) >= 11 is 0. The Bertz CT molecular complexity index is 2020. The van der Waals surface area contributed by atoms with E-state index >= 15 is 0 Å². The van der Waals surface area contributed by atoms with Gasteiger partial charge in [-0.25, -0.2) is 9.48 Å². The van der Waals surface area contributed by atoms with Gasteiger partial charge in [0, 0.05) is 58.5 Å². The number of aromatic nitrogens is 4. The zero-order valence-electron chi connectivity index (χ0n) is 42.5. The van der Waals surface area contributed by atoms with Crippen molar-refractivity contribution in [3.8, 4) is 0 Å². The molecule has 3 aliphatic heterocycles. The molecule has 1 saturated carbocycles. The van der Waals surface area contributed by atoms with E-state index in [0.29, 0.717) is 56.9 Å². The second-order valence-electron chi connectivity index (χ2n) is 20.4. The smallest absolute Gasteiger partial charge is 0.329 e. The van der Waals surface area contributed by atoms with Crippen LogP contribution in [0.1, 0.15) is 132 Å². The van der Waals surface area contributed by atoms with Crippen molar-refractivity contribution in [1.29, 1.82) is 0 Å². The number of ether oxygens (including phenoxy) is 5. The van der Waals surface area contributed by atoms with Crippen LogP contribution >= 0.6 is 0 Å². The maximum absolute atomic E-state index is 14.5. The van der Waals surface area contributed by atoms with E-state index in [1.165, 1.54) is 12.0 Å². The second-order valence-corrected chi connectivity index (χ2v) is 20.4. The number of carbonyl (C=O) groups is 5. The number of Topliss-reactive ketones (excluding diaryl/α,β-unsaturated/α-hetero) is 3. The van der Waals surface area contributed by atoms with Gasteiger partial charge in [0.25, 0.3) is 11.7 Å². The summed E-state index contributed by atoms with van der Waals surface area (Å²) in [5, 5.41) is 35.2. The average Bonchev–Trinajstić information content (AvgIpc) is 3.88. The average molecular weight is 966 g/mol. The third kappa shape index (κ3) is 14.2. The fourth-order valence-corrected chi connectivity index (χ4v) is 10.7. The monoisotopic (exact) mass is 966 g/mol. The summed E-state index contributed by atoms with van der Waals surface area (Å²) in [6.07, 6.45) is 13.9. The van der Waals surface area contributed by atoms with Gasteiger partial charge in [-0.3, -0.25) is 19.2 Å². The number of hydrogen-bond acceptors (Lipinski definition) is 15. The number of fused-ring (bicyclic) bond motifs is 3. The number of aliphatic hydroxyl groups is 2. The largest absolute Gasteiger partial charge is 0.460 e. The lowest BCUT2D eigenvalue weighted by Gasteiger charge is -2.42. The van der Waals surface area contributed by atoms with E-state index in [4.69, 9.17) is 23.7 Å². The van der Waals surface area contributed by atoms with Crippen LogP contribution in [0.3, 0.4) is 0 Å². The van der Waals surface area contributed by atoms with Crippen LogP contribution in [0.5, 0.6) is 0 Å². The molecule has 0 aromatic carbocycles. The molecule has 1 aromatic rings. The standard InChI is InChI=1S/C52H79N5O12/c1-31-16-12-11-13-17-32(2)43(65-8)28-39-21-19-37(7)52(64,69-39)49(61)50(62)56-23-15-14-18-41(56)51(63)68-44(34(4)26-38-20-22-40(45(27-38)66-9)57-30-53-54-55-57)29-42(58)33(3)25-36(6)47(60)48(67-10)46(59)35(5)24-31/h11-13,16-17,25,30-31,33-35,37-41,43-45,47-48,60,64H,14-15,18-24,26-29H2,1-10H3/b13-11?,16-12+,32-17?,36-25+/t31-,33?,34?,35?,37?,38+,39?,40?,41+,43?,44?,45?,47?,48?,52?/m1/s1. The maximum atomic E-state index is 14.5. The van der Waals surface area contributed by atoms with Crippen molar-refractivity contribution in [3.05, 3.63) is 53.9 Å². The summed E-state index contributed by atoms with van der Waals surface area (Å²) in [4.78, 5) is 72.3. The molecule has 3 fully saturated rings. The van der Waals surface area contributed by atoms with Crippen LogP contribution < -0.4 is 0 Å². The molecular formula is C52H79N5O12. The minimum absolute atomic E-state index is 0.0170. The van der Waals surface area contributed by atoms with Crippen molar-refractivity contribution in [2.24, 2.45) is 35.5 Å². The Hall–Kier alpha value is -4.26. The van der Waals surface area contributed by atoms with Crippen molar-refractivity contribution in [2.45, 2.75) is 180 Å². The van der Waals surface area contributed by atoms with Gasteiger partial charge in [-0.1, -0.05) is 71.1 Å². The van der Waals surface area contributed by atoms with E-state index in [9.17, 15) is 34.2 Å². The van der Waals surface area contributed by atoms with E-state index in [2.05, 4.69) is 15.5 Å². The number of esters is 1. The van der Waals surface area contributed by atoms with Gasteiger partial charge < -0.3 is 38.8 Å². The molecule has 2 saturated heterocycles. The first kappa shape index (κ1) is 55.7. The number of hydrogen-bond donors (Lipinski definition) is 2. The number of nitrogens with zero attached hydrogens (tertiary/aromatic N) is 5. The van der Waals surface area contributed by atoms with Gasteiger partial charge in [0.05, 0.1) is 24.4 Å². The van der Waals surface area contributed by atoms with Crippen molar-refractivity contribution >= 4 is 29.2 Å². The van der Waals surface area contributed by atoms with Crippen LogP contribution in [-0.4, -0.2) is 141 Å². The summed E-state index contributed by atoms with van der Waals surface area (Å²) in [7, 11) is 4.62. The lowest BCUT2D eigenvalue weighted by molar-refractivity contribution is -0.265. The highest BCUT2D eigenvalue weighted by Gasteiger charge is 2.53. The van der Waals surface area contributed by atoms with Gasteiger partial charge in [0.2, 0.25) is 5.79 Å². The highest BCUT2D eigenvalue weighted by molar-refractivity contribution is 6.39. The number of allylic oxidation sites excluding steroid dienone is 6. The molecule has 1 aliphatic carbocycles. The minimum atomic E-state index is -2.43. The molecule has 4 aliphatic rings. The predicted octanol–water partition coefficient (Wildman–Crippen LogP) is 6.05. The lowest BCUT2D eigenvalue weighted by Crippen LogP contribution is -2.61. The van der Waals surface area contributed by atoms with Crippen molar-refractivity contribution < 1.29 is 57.9 Å². The SMILES string of the molecule is COC1CC2CCC(C)C(O)(O2)C(=O)C(=O)N2CCCC[C@H]2C(=O)OC(C(C)C[C@@H]2CCC(n3cnnn3)C(OC)C2)CC(=O)C(C)/C=C(\C)C(O)C(OC)C(=O)C(C)C[C@H](C)/C=C/C=CC=C1C. The van der Waals surface area contributed by atoms with Gasteiger partial charge in [-0.05, 0) is 117 Å².